The van der Waals surface area contributed by atoms with Gasteiger partial charge in [0.25, 0.3) is 5.91 Å². The number of nitrogens with zero attached hydrogens (tertiary/aromatic N) is 3. The highest BCUT2D eigenvalue weighted by Crippen LogP contribution is 2.22. The number of aromatic nitrogens is 2. The Balaban J connectivity index is 2.06. The summed E-state index contributed by atoms with van der Waals surface area (Å²) >= 11 is 0. The second kappa shape index (κ2) is 6.44. The molecule has 23 heavy (non-hydrogen) atoms. The Kier molecular flexibility index (Phi) is 4.19. The van der Waals surface area contributed by atoms with Crippen molar-refractivity contribution in [3.8, 4) is 5.88 Å². The van der Waals surface area contributed by atoms with Gasteiger partial charge in [-0.3, -0.25) is 4.79 Å². The van der Waals surface area contributed by atoms with Crippen molar-refractivity contribution in [2.24, 2.45) is 0 Å². The van der Waals surface area contributed by atoms with Gasteiger partial charge in [0.15, 0.2) is 5.69 Å². The van der Waals surface area contributed by atoms with Crippen molar-refractivity contribution >= 4 is 22.6 Å². The molecule has 1 aromatic heterocycles. The molecule has 0 fully saturated rings. The van der Waals surface area contributed by atoms with Crippen LogP contribution in [0, 0.1) is 0 Å². The predicted molar refractivity (Wildman–Crippen MR) is 89.9 cm³/mol. The van der Waals surface area contributed by atoms with Crippen LogP contribution in [0.4, 0.5) is 5.69 Å². The van der Waals surface area contributed by atoms with Gasteiger partial charge in [-0.15, -0.1) is 0 Å². The molecule has 0 bridgehead atoms. The molecule has 0 saturated carbocycles. The monoisotopic (exact) mass is 307 g/mol. The van der Waals surface area contributed by atoms with Crippen LogP contribution in [0.5, 0.6) is 5.88 Å². The molecule has 3 aromatic rings. The average Bonchev–Trinajstić information content (AvgIpc) is 2.61. The predicted octanol–water partition coefficient (Wildman–Crippen LogP) is 3.31. The second-order valence-corrected chi connectivity index (χ2v) is 5.00. The first-order chi connectivity index (χ1) is 11.2. The molecule has 0 saturated heterocycles. The van der Waals surface area contributed by atoms with Crippen LogP contribution < -0.4 is 9.64 Å². The minimum atomic E-state index is -0.252. The van der Waals surface area contributed by atoms with E-state index in [1.54, 1.807) is 11.9 Å². The van der Waals surface area contributed by atoms with E-state index < -0.39 is 0 Å². The number of benzene rings is 2. The molecule has 5 nitrogen and oxygen atoms in total. The van der Waals surface area contributed by atoms with E-state index in [9.17, 15) is 4.79 Å². The van der Waals surface area contributed by atoms with Gasteiger partial charge in [0.05, 0.1) is 17.6 Å². The zero-order valence-electron chi connectivity index (χ0n) is 13.1. The van der Waals surface area contributed by atoms with Crippen LogP contribution in [0.15, 0.2) is 54.6 Å². The molecule has 2 aromatic carbocycles. The van der Waals surface area contributed by atoms with Crippen molar-refractivity contribution in [1.29, 1.82) is 0 Å². The number of carbonyl (C=O) groups is 1. The fraction of sp³-hybridized carbons (Fsp3) is 0.167. The van der Waals surface area contributed by atoms with Crippen LogP contribution in [0.2, 0.25) is 0 Å². The molecule has 0 N–H and O–H groups in total. The van der Waals surface area contributed by atoms with Crippen molar-refractivity contribution in [3.63, 3.8) is 0 Å². The largest absolute Gasteiger partial charge is 0.476 e. The molecule has 0 unspecified atom stereocenters. The summed E-state index contributed by atoms with van der Waals surface area (Å²) in [5.74, 6) is 0.0110. The van der Waals surface area contributed by atoms with Crippen molar-refractivity contribution in [1.82, 2.24) is 9.97 Å². The van der Waals surface area contributed by atoms with E-state index in [0.717, 1.165) is 5.69 Å². The fourth-order valence-corrected chi connectivity index (χ4v) is 2.29. The van der Waals surface area contributed by atoms with Crippen molar-refractivity contribution in [3.05, 3.63) is 60.3 Å². The van der Waals surface area contributed by atoms with Crippen LogP contribution in [0.3, 0.4) is 0 Å². The van der Waals surface area contributed by atoms with E-state index in [-0.39, 0.29) is 17.5 Å². The summed E-state index contributed by atoms with van der Waals surface area (Å²) in [6.07, 6.45) is 0. The highest BCUT2D eigenvalue weighted by Gasteiger charge is 2.22. The number of amides is 1. The second-order valence-electron chi connectivity index (χ2n) is 5.00. The smallest absolute Gasteiger partial charge is 0.282 e. The minimum Gasteiger partial charge on any atom is -0.476 e. The third-order valence-corrected chi connectivity index (χ3v) is 3.47. The average molecular weight is 307 g/mol. The minimum absolute atomic E-state index is 0.219. The number of hydrogen-bond acceptors (Lipinski definition) is 4. The number of carbonyl (C=O) groups excluding carboxylic acids is 1. The number of para-hydroxylation sites is 3. The SMILES string of the molecule is CCOc1nc2ccccc2nc1C(=O)N(C)c1ccccc1. The molecule has 1 amide bonds. The standard InChI is InChI=1S/C18H17N3O2/c1-3-23-17-16(19-14-11-7-8-12-15(14)20-17)18(22)21(2)13-9-5-4-6-10-13/h4-12H,3H2,1-2H3. The van der Waals surface area contributed by atoms with Crippen molar-refractivity contribution < 1.29 is 9.53 Å². The van der Waals surface area contributed by atoms with E-state index in [1.807, 2.05) is 61.5 Å². The Labute approximate surface area is 134 Å². The summed E-state index contributed by atoms with van der Waals surface area (Å²) in [5, 5.41) is 0. The molecule has 0 spiro atoms. The van der Waals surface area contributed by atoms with Gasteiger partial charge in [0, 0.05) is 12.7 Å². The van der Waals surface area contributed by atoms with Gasteiger partial charge in [0.2, 0.25) is 5.88 Å². The van der Waals surface area contributed by atoms with Gasteiger partial charge < -0.3 is 9.64 Å². The molecule has 0 aliphatic carbocycles. The van der Waals surface area contributed by atoms with Crippen molar-refractivity contribution in [2.45, 2.75) is 6.92 Å². The van der Waals surface area contributed by atoms with Gasteiger partial charge in [-0.25, -0.2) is 9.97 Å². The number of anilines is 1. The molecular weight excluding hydrogens is 290 g/mol. The van der Waals surface area contributed by atoms with Crippen LogP contribution in [0.25, 0.3) is 11.0 Å². The fourth-order valence-electron chi connectivity index (χ4n) is 2.29. The molecule has 0 atom stereocenters. The van der Waals surface area contributed by atoms with Crippen LogP contribution in [-0.2, 0) is 0 Å². The maximum absolute atomic E-state index is 12.8. The lowest BCUT2D eigenvalue weighted by molar-refractivity contribution is 0.0983. The lowest BCUT2D eigenvalue weighted by Gasteiger charge is -2.18. The molecule has 116 valence electrons. The maximum Gasteiger partial charge on any atom is 0.282 e. The normalized spacial score (nSPS) is 10.5. The number of ether oxygens (including phenoxy) is 1. The lowest BCUT2D eigenvalue weighted by Crippen LogP contribution is -2.28. The van der Waals surface area contributed by atoms with Gasteiger partial charge in [-0.05, 0) is 31.2 Å². The van der Waals surface area contributed by atoms with Crippen LogP contribution >= 0.6 is 0 Å². The quantitative estimate of drug-likeness (QED) is 0.742. The Morgan fingerprint density at radius 2 is 1.61 bits per heavy atom. The number of hydrogen-bond donors (Lipinski definition) is 0. The highest BCUT2D eigenvalue weighted by atomic mass is 16.5. The molecule has 5 heteroatoms. The Morgan fingerprint density at radius 1 is 1.00 bits per heavy atom. The number of rotatable bonds is 4. The van der Waals surface area contributed by atoms with Gasteiger partial charge >= 0.3 is 0 Å². The first kappa shape index (κ1) is 15.0. The molecule has 1 heterocycles. The van der Waals surface area contributed by atoms with E-state index in [1.165, 1.54) is 0 Å². The van der Waals surface area contributed by atoms with Crippen LogP contribution in [0.1, 0.15) is 17.4 Å². The van der Waals surface area contributed by atoms with Gasteiger partial charge in [-0.2, -0.15) is 0 Å². The summed E-state index contributed by atoms with van der Waals surface area (Å²) in [4.78, 5) is 23.3. The maximum atomic E-state index is 12.8. The zero-order chi connectivity index (χ0) is 16.2. The lowest BCUT2D eigenvalue weighted by atomic mass is 10.2. The van der Waals surface area contributed by atoms with E-state index >= 15 is 0 Å². The Hall–Kier alpha value is -2.95. The van der Waals surface area contributed by atoms with E-state index in [4.69, 9.17) is 4.74 Å². The topological polar surface area (TPSA) is 55.3 Å². The van der Waals surface area contributed by atoms with E-state index in [0.29, 0.717) is 17.6 Å². The zero-order valence-corrected chi connectivity index (χ0v) is 13.1. The summed E-state index contributed by atoms with van der Waals surface area (Å²) < 4.78 is 5.53. The first-order valence-corrected chi connectivity index (χ1v) is 7.43. The highest BCUT2D eigenvalue weighted by molar-refractivity contribution is 6.06. The van der Waals surface area contributed by atoms with E-state index in [2.05, 4.69) is 9.97 Å². The summed E-state index contributed by atoms with van der Waals surface area (Å²) in [6, 6.07) is 16.8. The molecule has 0 radical (unpaired) electrons. The third-order valence-electron chi connectivity index (χ3n) is 3.47. The summed E-state index contributed by atoms with van der Waals surface area (Å²) in [6.45, 7) is 2.27. The first-order valence-electron chi connectivity index (χ1n) is 7.43. The molecule has 3 rings (SSSR count). The third kappa shape index (κ3) is 2.99. The van der Waals surface area contributed by atoms with Gasteiger partial charge in [0.1, 0.15) is 0 Å². The Morgan fingerprint density at radius 3 is 2.26 bits per heavy atom. The molecular formula is C18H17N3O2. The number of fused-ring (bicyclic) bond motifs is 1. The van der Waals surface area contributed by atoms with Gasteiger partial charge in [-0.1, -0.05) is 30.3 Å². The summed E-state index contributed by atoms with van der Waals surface area (Å²) in [7, 11) is 1.71. The summed E-state index contributed by atoms with van der Waals surface area (Å²) in [5.41, 5.74) is 2.38. The van der Waals surface area contributed by atoms with Crippen molar-refractivity contribution in [2.75, 3.05) is 18.6 Å². The Bertz CT molecular complexity index is 834. The molecule has 0 aliphatic rings. The molecule has 0 aliphatic heterocycles. The van der Waals surface area contributed by atoms with Crippen LogP contribution in [-0.4, -0.2) is 29.5 Å².